The molecule has 0 saturated carbocycles. The number of sulfone groups is 1. The number of carbonyl (C=O) groups is 1. The summed E-state index contributed by atoms with van der Waals surface area (Å²) in [5.41, 5.74) is 2.24. The van der Waals surface area contributed by atoms with Gasteiger partial charge in [0.15, 0.2) is 9.84 Å². The van der Waals surface area contributed by atoms with Crippen molar-refractivity contribution >= 4 is 15.7 Å². The maximum Gasteiger partial charge on any atom is 0.227 e. The fraction of sp³-hybridized carbons (Fsp3) is 0.588. The van der Waals surface area contributed by atoms with Gasteiger partial charge in [0.05, 0.1) is 17.9 Å². The lowest BCUT2D eigenvalue weighted by atomic mass is 10.1. The quantitative estimate of drug-likeness (QED) is 0.822. The van der Waals surface area contributed by atoms with Crippen molar-refractivity contribution in [2.45, 2.75) is 25.8 Å². The van der Waals surface area contributed by atoms with E-state index in [4.69, 9.17) is 0 Å². The van der Waals surface area contributed by atoms with Crippen molar-refractivity contribution < 1.29 is 13.2 Å². The van der Waals surface area contributed by atoms with Gasteiger partial charge in [0.1, 0.15) is 0 Å². The van der Waals surface area contributed by atoms with Gasteiger partial charge in [-0.1, -0.05) is 29.8 Å². The molecule has 0 aliphatic carbocycles. The number of hydrogen-bond acceptors (Lipinski definition) is 4. The third-order valence-corrected chi connectivity index (χ3v) is 6.62. The van der Waals surface area contributed by atoms with Crippen LogP contribution < -0.4 is 0 Å². The maximum absolute atomic E-state index is 12.4. The summed E-state index contributed by atoms with van der Waals surface area (Å²) in [4.78, 5) is 16.5. The van der Waals surface area contributed by atoms with E-state index in [-0.39, 0.29) is 17.7 Å². The van der Waals surface area contributed by atoms with E-state index in [0.717, 1.165) is 25.1 Å². The van der Waals surface area contributed by atoms with Crippen molar-refractivity contribution in [2.75, 3.05) is 37.7 Å². The van der Waals surface area contributed by atoms with Crippen molar-refractivity contribution in [2.24, 2.45) is 0 Å². The Bertz CT molecular complexity index is 662. The number of amides is 1. The smallest absolute Gasteiger partial charge is 0.227 e. The zero-order valence-electron chi connectivity index (χ0n) is 13.6. The highest BCUT2D eigenvalue weighted by Gasteiger charge is 2.34. The SMILES string of the molecule is Cc1ccc(CC(=O)N2CCN(C3CCS(=O)(=O)C3)CC2)cc1. The molecular formula is C17H24N2O3S. The molecule has 6 heteroatoms. The first-order valence-electron chi connectivity index (χ1n) is 8.21. The second kappa shape index (κ2) is 6.61. The minimum Gasteiger partial charge on any atom is -0.340 e. The molecule has 2 saturated heterocycles. The summed E-state index contributed by atoms with van der Waals surface area (Å²) in [6, 6.07) is 8.22. The van der Waals surface area contributed by atoms with Crippen LogP contribution in [0.4, 0.5) is 0 Å². The third kappa shape index (κ3) is 4.12. The molecule has 1 amide bonds. The summed E-state index contributed by atoms with van der Waals surface area (Å²) >= 11 is 0. The summed E-state index contributed by atoms with van der Waals surface area (Å²) in [5.74, 6) is 0.752. The van der Waals surface area contributed by atoms with Crippen molar-refractivity contribution in [1.82, 2.24) is 9.80 Å². The van der Waals surface area contributed by atoms with Gasteiger partial charge in [-0.3, -0.25) is 9.69 Å². The van der Waals surface area contributed by atoms with Crippen LogP contribution in [-0.2, 0) is 21.1 Å². The second-order valence-electron chi connectivity index (χ2n) is 6.64. The summed E-state index contributed by atoms with van der Waals surface area (Å²) in [6.07, 6.45) is 1.18. The van der Waals surface area contributed by atoms with Gasteiger partial charge in [-0.2, -0.15) is 0 Å². The Labute approximate surface area is 138 Å². The third-order valence-electron chi connectivity index (χ3n) is 4.87. The Morgan fingerprint density at radius 2 is 1.78 bits per heavy atom. The van der Waals surface area contributed by atoms with E-state index in [9.17, 15) is 13.2 Å². The zero-order valence-corrected chi connectivity index (χ0v) is 14.4. The zero-order chi connectivity index (χ0) is 16.4. The average Bonchev–Trinajstić information content (AvgIpc) is 2.90. The summed E-state index contributed by atoms with van der Waals surface area (Å²) in [5, 5.41) is 0. The first-order chi connectivity index (χ1) is 10.9. The fourth-order valence-electron chi connectivity index (χ4n) is 3.39. The molecule has 1 atom stereocenters. The van der Waals surface area contributed by atoms with Crippen LogP contribution in [0.3, 0.4) is 0 Å². The predicted octanol–water partition coefficient (Wildman–Crippen LogP) is 0.869. The van der Waals surface area contributed by atoms with Crippen LogP contribution in [0.25, 0.3) is 0 Å². The van der Waals surface area contributed by atoms with E-state index in [1.807, 2.05) is 36.1 Å². The van der Waals surface area contributed by atoms with Crippen LogP contribution >= 0.6 is 0 Å². The average molecular weight is 336 g/mol. The highest BCUT2D eigenvalue weighted by Crippen LogP contribution is 2.19. The van der Waals surface area contributed by atoms with Crippen LogP contribution in [-0.4, -0.2) is 67.9 Å². The topological polar surface area (TPSA) is 57.7 Å². The minimum atomic E-state index is -2.84. The normalized spacial score (nSPS) is 24.7. The molecule has 1 unspecified atom stereocenters. The highest BCUT2D eigenvalue weighted by molar-refractivity contribution is 7.91. The number of nitrogens with zero attached hydrogens (tertiary/aromatic N) is 2. The molecule has 2 aliphatic heterocycles. The van der Waals surface area contributed by atoms with Crippen molar-refractivity contribution in [3.8, 4) is 0 Å². The first kappa shape index (κ1) is 16.5. The number of carbonyl (C=O) groups excluding carboxylic acids is 1. The molecule has 1 aromatic carbocycles. The van der Waals surface area contributed by atoms with Crippen LogP contribution in [0.1, 0.15) is 17.5 Å². The lowest BCUT2D eigenvalue weighted by Gasteiger charge is -2.37. The van der Waals surface area contributed by atoms with Crippen LogP contribution in [0.5, 0.6) is 0 Å². The molecule has 5 nitrogen and oxygen atoms in total. The number of benzene rings is 1. The van der Waals surface area contributed by atoms with Gasteiger partial charge in [-0.25, -0.2) is 8.42 Å². The molecule has 126 valence electrons. The molecular weight excluding hydrogens is 312 g/mol. The lowest BCUT2D eigenvalue weighted by Crippen LogP contribution is -2.52. The monoisotopic (exact) mass is 336 g/mol. The van der Waals surface area contributed by atoms with Crippen LogP contribution in [0, 0.1) is 6.92 Å². The van der Waals surface area contributed by atoms with Gasteiger partial charge in [0.25, 0.3) is 0 Å². The van der Waals surface area contributed by atoms with E-state index in [1.165, 1.54) is 5.56 Å². The van der Waals surface area contributed by atoms with Crippen molar-refractivity contribution in [3.63, 3.8) is 0 Å². The first-order valence-corrected chi connectivity index (χ1v) is 10.0. The van der Waals surface area contributed by atoms with Gasteiger partial charge in [-0.05, 0) is 18.9 Å². The standard InChI is InChI=1S/C17H24N2O3S/c1-14-2-4-15(5-3-14)12-17(20)19-9-7-18(8-10-19)16-6-11-23(21,22)13-16/h2-5,16H,6-13H2,1H3. The molecule has 2 fully saturated rings. The molecule has 0 aromatic heterocycles. The van der Waals surface area contributed by atoms with E-state index in [1.54, 1.807) is 0 Å². The van der Waals surface area contributed by atoms with E-state index in [0.29, 0.717) is 25.3 Å². The van der Waals surface area contributed by atoms with Gasteiger partial charge >= 0.3 is 0 Å². The van der Waals surface area contributed by atoms with E-state index >= 15 is 0 Å². The number of piperazine rings is 1. The molecule has 0 bridgehead atoms. The van der Waals surface area contributed by atoms with Gasteiger partial charge in [0, 0.05) is 32.2 Å². The molecule has 0 radical (unpaired) electrons. The van der Waals surface area contributed by atoms with E-state index < -0.39 is 9.84 Å². The molecule has 2 aliphatic rings. The lowest BCUT2D eigenvalue weighted by molar-refractivity contribution is -0.132. The Balaban J connectivity index is 1.50. The Morgan fingerprint density at radius 1 is 1.13 bits per heavy atom. The fourth-order valence-corrected chi connectivity index (χ4v) is 5.15. The number of aryl methyl sites for hydroxylation is 1. The molecule has 0 spiro atoms. The predicted molar refractivity (Wildman–Crippen MR) is 90.1 cm³/mol. The number of hydrogen-bond donors (Lipinski definition) is 0. The van der Waals surface area contributed by atoms with Crippen molar-refractivity contribution in [1.29, 1.82) is 0 Å². The Kier molecular flexibility index (Phi) is 4.73. The summed E-state index contributed by atoms with van der Waals surface area (Å²) < 4.78 is 23.2. The number of rotatable bonds is 3. The Hall–Kier alpha value is -1.40. The van der Waals surface area contributed by atoms with Crippen molar-refractivity contribution in [3.05, 3.63) is 35.4 Å². The second-order valence-corrected chi connectivity index (χ2v) is 8.86. The highest BCUT2D eigenvalue weighted by atomic mass is 32.2. The maximum atomic E-state index is 12.4. The van der Waals surface area contributed by atoms with Gasteiger partial charge < -0.3 is 4.90 Å². The van der Waals surface area contributed by atoms with Crippen LogP contribution in [0.2, 0.25) is 0 Å². The minimum absolute atomic E-state index is 0.148. The largest absolute Gasteiger partial charge is 0.340 e. The molecule has 0 N–H and O–H groups in total. The molecule has 3 rings (SSSR count). The van der Waals surface area contributed by atoms with Crippen LogP contribution in [0.15, 0.2) is 24.3 Å². The van der Waals surface area contributed by atoms with E-state index in [2.05, 4.69) is 4.90 Å². The van der Waals surface area contributed by atoms with Gasteiger partial charge in [0.2, 0.25) is 5.91 Å². The Morgan fingerprint density at radius 3 is 2.35 bits per heavy atom. The molecule has 23 heavy (non-hydrogen) atoms. The molecule has 2 heterocycles. The van der Waals surface area contributed by atoms with Gasteiger partial charge in [-0.15, -0.1) is 0 Å². The molecule has 1 aromatic rings. The summed E-state index contributed by atoms with van der Waals surface area (Å²) in [6.45, 7) is 4.98. The summed E-state index contributed by atoms with van der Waals surface area (Å²) in [7, 11) is -2.84.